The standard InChI is InChI=1S/C16H26N2/c1-13(14-9-10-14)12-18-11-5-8-16(17)15-6-3-2-4-7-15/h2-4,6-7,13-14,16,18H,5,8-12,17H2,1H3. The van der Waals surface area contributed by atoms with Crippen molar-refractivity contribution in [1.82, 2.24) is 5.32 Å². The molecule has 0 amide bonds. The summed E-state index contributed by atoms with van der Waals surface area (Å²) in [5.41, 5.74) is 7.42. The molecule has 0 heterocycles. The van der Waals surface area contributed by atoms with Crippen LogP contribution < -0.4 is 11.1 Å². The van der Waals surface area contributed by atoms with Crippen molar-refractivity contribution in [1.29, 1.82) is 0 Å². The zero-order valence-corrected chi connectivity index (χ0v) is 11.4. The Morgan fingerprint density at radius 2 is 2.00 bits per heavy atom. The van der Waals surface area contributed by atoms with Crippen LogP contribution >= 0.6 is 0 Å². The molecule has 0 saturated heterocycles. The van der Waals surface area contributed by atoms with Crippen LogP contribution in [0.2, 0.25) is 0 Å². The van der Waals surface area contributed by atoms with Gasteiger partial charge in [-0.2, -0.15) is 0 Å². The fourth-order valence-corrected chi connectivity index (χ4v) is 2.48. The Morgan fingerprint density at radius 3 is 2.67 bits per heavy atom. The van der Waals surface area contributed by atoms with Crippen molar-refractivity contribution in [2.75, 3.05) is 13.1 Å². The van der Waals surface area contributed by atoms with Crippen molar-refractivity contribution >= 4 is 0 Å². The summed E-state index contributed by atoms with van der Waals surface area (Å²) in [6.07, 6.45) is 5.12. The van der Waals surface area contributed by atoms with Crippen LogP contribution in [-0.2, 0) is 0 Å². The van der Waals surface area contributed by atoms with E-state index in [0.717, 1.165) is 31.2 Å². The predicted octanol–water partition coefficient (Wildman–Crippen LogP) is 3.10. The lowest BCUT2D eigenvalue weighted by Gasteiger charge is -2.14. The fraction of sp³-hybridized carbons (Fsp3) is 0.625. The summed E-state index contributed by atoms with van der Waals surface area (Å²) < 4.78 is 0. The molecule has 2 nitrogen and oxygen atoms in total. The van der Waals surface area contributed by atoms with Crippen molar-refractivity contribution in [2.24, 2.45) is 17.6 Å². The Labute approximate surface area is 111 Å². The summed E-state index contributed by atoms with van der Waals surface area (Å²) in [5, 5.41) is 3.56. The van der Waals surface area contributed by atoms with Crippen LogP contribution in [-0.4, -0.2) is 13.1 Å². The van der Waals surface area contributed by atoms with Crippen molar-refractivity contribution < 1.29 is 0 Å². The summed E-state index contributed by atoms with van der Waals surface area (Å²) in [6, 6.07) is 10.6. The van der Waals surface area contributed by atoms with Gasteiger partial charge in [-0.3, -0.25) is 0 Å². The fourth-order valence-electron chi connectivity index (χ4n) is 2.48. The summed E-state index contributed by atoms with van der Waals surface area (Å²) in [7, 11) is 0. The molecule has 2 rings (SSSR count). The maximum Gasteiger partial charge on any atom is 0.0295 e. The minimum Gasteiger partial charge on any atom is -0.324 e. The summed E-state index contributed by atoms with van der Waals surface area (Å²) >= 11 is 0. The Balaban J connectivity index is 1.55. The van der Waals surface area contributed by atoms with E-state index in [-0.39, 0.29) is 6.04 Å². The molecule has 1 aromatic rings. The van der Waals surface area contributed by atoms with Gasteiger partial charge < -0.3 is 11.1 Å². The highest BCUT2D eigenvalue weighted by Gasteiger charge is 2.27. The van der Waals surface area contributed by atoms with Gasteiger partial charge in [0.05, 0.1) is 0 Å². The molecule has 2 atom stereocenters. The highest BCUT2D eigenvalue weighted by molar-refractivity contribution is 5.18. The topological polar surface area (TPSA) is 38.0 Å². The zero-order chi connectivity index (χ0) is 12.8. The van der Waals surface area contributed by atoms with Crippen LogP contribution in [0, 0.1) is 11.8 Å². The van der Waals surface area contributed by atoms with Gasteiger partial charge in [-0.15, -0.1) is 0 Å². The second-order valence-electron chi connectivity index (χ2n) is 5.68. The molecule has 18 heavy (non-hydrogen) atoms. The van der Waals surface area contributed by atoms with E-state index < -0.39 is 0 Å². The maximum absolute atomic E-state index is 6.17. The Morgan fingerprint density at radius 1 is 1.28 bits per heavy atom. The molecule has 1 aliphatic rings. The molecular formula is C16H26N2. The van der Waals surface area contributed by atoms with E-state index >= 15 is 0 Å². The van der Waals surface area contributed by atoms with Gasteiger partial charge in [0.2, 0.25) is 0 Å². The second kappa shape index (κ2) is 6.91. The highest BCUT2D eigenvalue weighted by atomic mass is 14.9. The summed E-state index contributed by atoms with van der Waals surface area (Å²) in [6.45, 7) is 4.63. The molecule has 1 fully saturated rings. The van der Waals surface area contributed by atoms with Crippen LogP contribution in [0.1, 0.15) is 44.2 Å². The first-order chi connectivity index (χ1) is 8.77. The number of hydrogen-bond donors (Lipinski definition) is 2. The summed E-state index contributed by atoms with van der Waals surface area (Å²) in [4.78, 5) is 0. The lowest BCUT2D eigenvalue weighted by molar-refractivity contribution is 0.452. The third kappa shape index (κ3) is 4.43. The zero-order valence-electron chi connectivity index (χ0n) is 11.4. The molecule has 0 aliphatic heterocycles. The molecule has 0 spiro atoms. The maximum atomic E-state index is 6.17. The number of nitrogens with one attached hydrogen (secondary N) is 1. The van der Waals surface area contributed by atoms with Gasteiger partial charge in [0.25, 0.3) is 0 Å². The second-order valence-corrected chi connectivity index (χ2v) is 5.68. The van der Waals surface area contributed by atoms with E-state index in [4.69, 9.17) is 5.73 Å². The largest absolute Gasteiger partial charge is 0.324 e. The average Bonchev–Trinajstić information content (AvgIpc) is 3.23. The van der Waals surface area contributed by atoms with Crippen LogP contribution in [0.4, 0.5) is 0 Å². The molecule has 100 valence electrons. The predicted molar refractivity (Wildman–Crippen MR) is 77.4 cm³/mol. The minimum absolute atomic E-state index is 0.189. The van der Waals surface area contributed by atoms with Crippen LogP contribution in [0.3, 0.4) is 0 Å². The van der Waals surface area contributed by atoms with Crippen molar-refractivity contribution in [3.8, 4) is 0 Å². The van der Waals surface area contributed by atoms with Gasteiger partial charge in [0.15, 0.2) is 0 Å². The van der Waals surface area contributed by atoms with Gasteiger partial charge in [-0.25, -0.2) is 0 Å². The SMILES string of the molecule is CC(CNCCCC(N)c1ccccc1)C1CC1. The molecule has 1 saturated carbocycles. The quantitative estimate of drug-likeness (QED) is 0.692. The van der Waals surface area contributed by atoms with Gasteiger partial charge in [-0.1, -0.05) is 37.3 Å². The van der Waals surface area contributed by atoms with E-state index in [9.17, 15) is 0 Å². The summed E-state index contributed by atoms with van der Waals surface area (Å²) in [5.74, 6) is 1.86. The molecule has 2 unspecified atom stereocenters. The van der Waals surface area contributed by atoms with Gasteiger partial charge in [0, 0.05) is 6.04 Å². The first-order valence-corrected chi connectivity index (χ1v) is 7.28. The molecule has 2 heteroatoms. The minimum atomic E-state index is 0.189. The lowest BCUT2D eigenvalue weighted by atomic mass is 10.0. The van der Waals surface area contributed by atoms with Crippen LogP contribution in [0.15, 0.2) is 30.3 Å². The van der Waals surface area contributed by atoms with Gasteiger partial charge in [0.1, 0.15) is 0 Å². The number of rotatable bonds is 8. The van der Waals surface area contributed by atoms with Crippen LogP contribution in [0.5, 0.6) is 0 Å². The number of hydrogen-bond acceptors (Lipinski definition) is 2. The molecule has 0 radical (unpaired) electrons. The van der Waals surface area contributed by atoms with E-state index in [1.807, 2.05) is 6.07 Å². The lowest BCUT2D eigenvalue weighted by Crippen LogP contribution is -2.24. The van der Waals surface area contributed by atoms with Gasteiger partial charge in [-0.05, 0) is 56.2 Å². The van der Waals surface area contributed by atoms with Gasteiger partial charge >= 0.3 is 0 Å². The normalized spacial score (nSPS) is 18.6. The number of nitrogens with two attached hydrogens (primary N) is 1. The highest BCUT2D eigenvalue weighted by Crippen LogP contribution is 2.36. The average molecular weight is 246 g/mol. The monoisotopic (exact) mass is 246 g/mol. The smallest absolute Gasteiger partial charge is 0.0295 e. The first kappa shape index (κ1) is 13.6. The third-order valence-electron chi connectivity index (χ3n) is 3.99. The van der Waals surface area contributed by atoms with Crippen molar-refractivity contribution in [3.05, 3.63) is 35.9 Å². The molecule has 1 aliphatic carbocycles. The Bertz CT molecular complexity index is 332. The molecular weight excluding hydrogens is 220 g/mol. The van der Waals surface area contributed by atoms with E-state index in [0.29, 0.717) is 0 Å². The first-order valence-electron chi connectivity index (χ1n) is 7.28. The molecule has 3 N–H and O–H groups in total. The number of benzene rings is 1. The van der Waals surface area contributed by atoms with Crippen LogP contribution in [0.25, 0.3) is 0 Å². The van der Waals surface area contributed by atoms with E-state index in [1.54, 1.807) is 0 Å². The molecule has 1 aromatic carbocycles. The Kier molecular flexibility index (Phi) is 5.21. The van der Waals surface area contributed by atoms with E-state index in [2.05, 4.69) is 36.5 Å². The molecule has 0 aromatic heterocycles. The van der Waals surface area contributed by atoms with E-state index in [1.165, 1.54) is 24.9 Å². The van der Waals surface area contributed by atoms with Crippen molar-refractivity contribution in [3.63, 3.8) is 0 Å². The third-order valence-corrected chi connectivity index (χ3v) is 3.99. The Hall–Kier alpha value is -0.860. The van der Waals surface area contributed by atoms with Crippen molar-refractivity contribution in [2.45, 2.75) is 38.6 Å². The molecule has 0 bridgehead atoms.